The van der Waals surface area contributed by atoms with Crippen molar-refractivity contribution >= 4 is 0 Å². The van der Waals surface area contributed by atoms with Gasteiger partial charge in [0.05, 0.1) is 0 Å². The Labute approximate surface area is 94.8 Å². The minimum atomic E-state index is -0.218. The number of hydrogen-bond acceptors (Lipinski definition) is 3. The van der Waals surface area contributed by atoms with E-state index in [0.717, 1.165) is 30.6 Å². The number of benzene rings is 1. The summed E-state index contributed by atoms with van der Waals surface area (Å²) in [5, 5.41) is 3.27. The number of fused-ring (bicyclic) bond motifs is 1. The van der Waals surface area contributed by atoms with Crippen LogP contribution in [0.1, 0.15) is 42.9 Å². The van der Waals surface area contributed by atoms with E-state index in [1.54, 1.807) is 0 Å². The lowest BCUT2D eigenvalue weighted by molar-refractivity contribution is -0.0328. The van der Waals surface area contributed by atoms with Crippen LogP contribution in [0.3, 0.4) is 0 Å². The third-order valence-corrected chi connectivity index (χ3v) is 3.81. The molecule has 84 valence electrons. The van der Waals surface area contributed by atoms with Crippen molar-refractivity contribution in [1.82, 2.24) is 0 Å². The van der Waals surface area contributed by atoms with Crippen LogP contribution in [0.15, 0.2) is 23.4 Å². The Bertz CT molecular complexity index is 438. The summed E-state index contributed by atoms with van der Waals surface area (Å²) in [6.07, 6.45) is 4.08. The second-order valence-electron chi connectivity index (χ2n) is 5.01. The van der Waals surface area contributed by atoms with Gasteiger partial charge in [0.25, 0.3) is 0 Å². The van der Waals surface area contributed by atoms with Crippen molar-refractivity contribution in [3.8, 4) is 5.75 Å². The molecular formula is C13H15NO2. The zero-order chi connectivity index (χ0) is 11.2. The normalized spacial score (nSPS) is 25.4. The Morgan fingerprint density at radius 1 is 1.44 bits per heavy atom. The molecule has 1 heterocycles. The summed E-state index contributed by atoms with van der Waals surface area (Å²) in [7, 11) is 0. The van der Waals surface area contributed by atoms with Crippen LogP contribution in [0.4, 0.5) is 0 Å². The first-order valence-corrected chi connectivity index (χ1v) is 5.84. The second-order valence-corrected chi connectivity index (χ2v) is 5.01. The molecule has 3 rings (SSSR count). The summed E-state index contributed by atoms with van der Waals surface area (Å²) in [5.41, 5.74) is 2.04. The highest BCUT2D eigenvalue weighted by Gasteiger charge is 2.46. The lowest BCUT2D eigenvalue weighted by Gasteiger charge is -2.46. The predicted octanol–water partition coefficient (Wildman–Crippen LogP) is 3.51. The van der Waals surface area contributed by atoms with Crippen LogP contribution in [0.2, 0.25) is 0 Å². The molecule has 2 aliphatic rings. The number of rotatable bonds is 1. The molecule has 3 heteroatoms. The molecule has 1 fully saturated rings. The maximum Gasteiger partial charge on any atom is 0.125 e. The van der Waals surface area contributed by atoms with Gasteiger partial charge in [-0.15, -0.1) is 0 Å². The third kappa shape index (κ3) is 1.34. The van der Waals surface area contributed by atoms with E-state index in [4.69, 9.17) is 4.74 Å². The summed E-state index contributed by atoms with van der Waals surface area (Å²) in [6, 6.07) is 5.79. The molecule has 1 spiro atoms. The van der Waals surface area contributed by atoms with Crippen LogP contribution in [0.25, 0.3) is 0 Å². The molecule has 0 saturated heterocycles. The van der Waals surface area contributed by atoms with E-state index in [2.05, 4.69) is 5.18 Å². The molecule has 1 aromatic rings. The fourth-order valence-corrected chi connectivity index (χ4v) is 2.71. The summed E-state index contributed by atoms with van der Waals surface area (Å²) in [4.78, 5) is 10.9. The molecule has 1 aliphatic carbocycles. The Morgan fingerprint density at radius 3 is 2.88 bits per heavy atom. The lowest BCUT2D eigenvalue weighted by Crippen LogP contribution is -2.46. The zero-order valence-electron chi connectivity index (χ0n) is 9.40. The van der Waals surface area contributed by atoms with Crippen LogP contribution in [0, 0.1) is 11.8 Å². The Kier molecular flexibility index (Phi) is 2.03. The van der Waals surface area contributed by atoms with Gasteiger partial charge in [0.15, 0.2) is 0 Å². The van der Waals surface area contributed by atoms with Crippen molar-refractivity contribution in [2.45, 2.75) is 44.2 Å². The highest BCUT2D eigenvalue weighted by atomic mass is 16.5. The quantitative estimate of drug-likeness (QED) is 0.675. The number of ether oxygens (including phenoxy) is 1. The monoisotopic (exact) mass is 217 g/mol. The third-order valence-electron chi connectivity index (χ3n) is 3.81. The smallest absolute Gasteiger partial charge is 0.125 e. The highest BCUT2D eigenvalue weighted by molar-refractivity contribution is 5.42. The van der Waals surface area contributed by atoms with Gasteiger partial charge in [-0.3, -0.25) is 0 Å². The Morgan fingerprint density at radius 2 is 2.25 bits per heavy atom. The molecular weight excluding hydrogens is 202 g/mol. The largest absolute Gasteiger partial charge is 0.487 e. The van der Waals surface area contributed by atoms with Crippen molar-refractivity contribution in [2.75, 3.05) is 0 Å². The average Bonchev–Trinajstić information content (AvgIpc) is 2.24. The van der Waals surface area contributed by atoms with Crippen molar-refractivity contribution < 1.29 is 4.74 Å². The van der Waals surface area contributed by atoms with Gasteiger partial charge in [-0.05, 0) is 37.8 Å². The molecule has 1 atom stereocenters. The average molecular weight is 217 g/mol. The van der Waals surface area contributed by atoms with Gasteiger partial charge in [-0.25, -0.2) is 0 Å². The van der Waals surface area contributed by atoms with E-state index in [1.807, 2.05) is 25.1 Å². The topological polar surface area (TPSA) is 38.7 Å². The van der Waals surface area contributed by atoms with Crippen LogP contribution < -0.4 is 4.74 Å². The number of aryl methyl sites for hydroxylation is 1. The van der Waals surface area contributed by atoms with Gasteiger partial charge in [0.1, 0.15) is 17.4 Å². The van der Waals surface area contributed by atoms with Gasteiger partial charge < -0.3 is 4.74 Å². The lowest BCUT2D eigenvalue weighted by atomic mass is 9.73. The van der Waals surface area contributed by atoms with Crippen molar-refractivity contribution in [1.29, 1.82) is 0 Å². The number of nitrogens with zero attached hydrogens (tertiary/aromatic N) is 1. The van der Waals surface area contributed by atoms with E-state index in [-0.39, 0.29) is 11.6 Å². The Hall–Kier alpha value is -1.38. The number of nitroso groups, excluding NO2 is 1. The second kappa shape index (κ2) is 3.30. The highest BCUT2D eigenvalue weighted by Crippen LogP contribution is 2.50. The molecule has 0 amide bonds. The summed E-state index contributed by atoms with van der Waals surface area (Å²) >= 11 is 0. The first kappa shape index (κ1) is 9.82. The molecule has 0 radical (unpaired) electrons. The molecule has 0 aromatic heterocycles. The minimum absolute atomic E-state index is 0.0840. The first-order valence-electron chi connectivity index (χ1n) is 5.84. The fourth-order valence-electron chi connectivity index (χ4n) is 2.71. The summed E-state index contributed by atoms with van der Waals surface area (Å²) < 4.78 is 6.07. The fraction of sp³-hybridized carbons (Fsp3) is 0.538. The van der Waals surface area contributed by atoms with E-state index >= 15 is 0 Å². The molecule has 0 N–H and O–H groups in total. The molecule has 3 nitrogen and oxygen atoms in total. The molecule has 16 heavy (non-hydrogen) atoms. The summed E-state index contributed by atoms with van der Waals surface area (Å²) in [5.74, 6) is 0.871. The SMILES string of the molecule is Cc1ccc2c(c1)OC1(CCC1)CC2N=O. The van der Waals surface area contributed by atoms with Crippen molar-refractivity contribution in [2.24, 2.45) is 5.18 Å². The van der Waals surface area contributed by atoms with E-state index < -0.39 is 0 Å². The maximum absolute atomic E-state index is 10.9. The van der Waals surface area contributed by atoms with E-state index in [1.165, 1.54) is 12.0 Å². The number of hydrogen-bond donors (Lipinski definition) is 0. The van der Waals surface area contributed by atoms with Crippen LogP contribution in [-0.4, -0.2) is 5.60 Å². The molecule has 1 unspecified atom stereocenters. The molecule has 1 saturated carbocycles. The van der Waals surface area contributed by atoms with Gasteiger partial charge in [-0.2, -0.15) is 4.91 Å². The van der Waals surface area contributed by atoms with Gasteiger partial charge in [-0.1, -0.05) is 17.3 Å². The molecule has 1 aliphatic heterocycles. The van der Waals surface area contributed by atoms with Crippen molar-refractivity contribution in [3.05, 3.63) is 34.2 Å². The van der Waals surface area contributed by atoms with Crippen LogP contribution >= 0.6 is 0 Å². The van der Waals surface area contributed by atoms with Crippen molar-refractivity contribution in [3.63, 3.8) is 0 Å². The summed E-state index contributed by atoms with van der Waals surface area (Å²) in [6.45, 7) is 2.04. The van der Waals surface area contributed by atoms with Crippen LogP contribution in [-0.2, 0) is 0 Å². The van der Waals surface area contributed by atoms with Crippen LogP contribution in [0.5, 0.6) is 5.75 Å². The van der Waals surface area contributed by atoms with Gasteiger partial charge in [0.2, 0.25) is 0 Å². The molecule has 1 aromatic carbocycles. The van der Waals surface area contributed by atoms with E-state index in [0.29, 0.717) is 0 Å². The first-order chi connectivity index (χ1) is 7.72. The standard InChI is InChI=1S/C13H15NO2/c1-9-3-4-10-11(14-15)8-13(5-2-6-13)16-12(10)7-9/h3-4,7,11H,2,5-6,8H2,1H3. The van der Waals surface area contributed by atoms with Gasteiger partial charge in [0, 0.05) is 12.0 Å². The molecule has 0 bridgehead atoms. The minimum Gasteiger partial charge on any atom is -0.487 e. The predicted molar refractivity (Wildman–Crippen MR) is 61.5 cm³/mol. The maximum atomic E-state index is 10.9. The zero-order valence-corrected chi connectivity index (χ0v) is 9.40. The van der Waals surface area contributed by atoms with Gasteiger partial charge >= 0.3 is 0 Å². The van der Waals surface area contributed by atoms with E-state index in [9.17, 15) is 4.91 Å². The Balaban J connectivity index is 2.04.